The summed E-state index contributed by atoms with van der Waals surface area (Å²) in [5.41, 5.74) is 0.634. The number of carboxylic acid groups (broad SMARTS) is 1. The number of carboxylic acids is 1. The number of rotatable bonds is 3. The van der Waals surface area contributed by atoms with E-state index >= 15 is 0 Å². The van der Waals surface area contributed by atoms with Crippen molar-refractivity contribution in [3.05, 3.63) is 44.3 Å². The Hall–Kier alpha value is -1.08. The number of carbonyl (C=O) groups is 2. The van der Waals surface area contributed by atoms with Crippen LogP contribution in [-0.2, 0) is 4.74 Å². The van der Waals surface area contributed by atoms with Gasteiger partial charge in [0.05, 0.1) is 16.7 Å². The number of nitrogens with one attached hydrogen (secondary N) is 2. The molecule has 13 heteroatoms. The summed E-state index contributed by atoms with van der Waals surface area (Å²) in [6, 6.07) is 3.25. The Balaban J connectivity index is 0.000000492. The molecule has 0 aromatic carbocycles. The molecule has 0 bridgehead atoms. The number of ether oxygens (including phenoxy) is 1. The van der Waals surface area contributed by atoms with Crippen LogP contribution in [0.2, 0.25) is 10.0 Å². The number of H-pyrrole nitrogens is 2. The van der Waals surface area contributed by atoms with Gasteiger partial charge in [0.15, 0.2) is 0 Å². The summed E-state index contributed by atoms with van der Waals surface area (Å²) in [6.07, 6.45) is 0. The maximum absolute atomic E-state index is 11.3. The number of thiophene rings is 2. The maximum atomic E-state index is 11.3. The molecule has 8 nitrogen and oxygen atoms in total. The first-order chi connectivity index (χ1) is 13.4. The molecule has 0 unspecified atom stereocenters. The van der Waals surface area contributed by atoms with Crippen LogP contribution in [0.25, 0.3) is 20.4 Å². The first kappa shape index (κ1) is 28.9. The largest absolute Gasteiger partial charge is 1.00 e. The standard InChI is InChI=1S/C9H8ClNO2S.C7H4ClNO2S.CH4O.Na.H2O/c1-2-13-9(12)7-3-5-6(10)4-14-8(5)11-7;8-4-2-12-6-3(4)1-5(9-6)7(10)11;1-2;;/h3-4,11H,2H2,1H3;1-2,9H,(H,10,11);2H,1H3;;1H2/q;;;+1;/p-1. The van der Waals surface area contributed by atoms with Crippen LogP contribution in [0.4, 0.5) is 0 Å². The Morgan fingerprint density at radius 1 is 1.00 bits per heavy atom. The Kier molecular flexibility index (Phi) is 12.9. The van der Waals surface area contributed by atoms with Gasteiger partial charge in [-0.3, -0.25) is 0 Å². The third-order valence-electron chi connectivity index (χ3n) is 3.36. The fraction of sp³-hybridized carbons (Fsp3) is 0.176. The van der Waals surface area contributed by atoms with Crippen molar-refractivity contribution < 1.29 is 59.6 Å². The number of halogens is 2. The minimum absolute atomic E-state index is 0. The third kappa shape index (κ3) is 6.71. The van der Waals surface area contributed by atoms with Crippen molar-refractivity contribution in [1.82, 2.24) is 9.97 Å². The normalized spacial score (nSPS) is 9.50. The molecule has 0 aliphatic carbocycles. The molecule has 0 radical (unpaired) electrons. The second-order valence-electron chi connectivity index (χ2n) is 5.04. The van der Waals surface area contributed by atoms with Gasteiger partial charge >= 0.3 is 41.5 Å². The van der Waals surface area contributed by atoms with E-state index < -0.39 is 5.97 Å². The minimum atomic E-state index is -0.963. The van der Waals surface area contributed by atoms with E-state index in [1.54, 1.807) is 18.4 Å². The van der Waals surface area contributed by atoms with Crippen molar-refractivity contribution in [2.75, 3.05) is 13.7 Å². The quantitative estimate of drug-likeness (QED) is 0.249. The summed E-state index contributed by atoms with van der Waals surface area (Å²) in [6.45, 7) is 2.15. The molecule has 0 aliphatic heterocycles. The molecule has 0 atom stereocenters. The molecule has 0 amide bonds. The van der Waals surface area contributed by atoms with Crippen LogP contribution in [0, 0.1) is 0 Å². The molecule has 4 rings (SSSR count). The van der Waals surface area contributed by atoms with Gasteiger partial charge in [-0.1, -0.05) is 23.2 Å². The van der Waals surface area contributed by atoms with Gasteiger partial charge in [-0.05, 0) is 19.1 Å². The van der Waals surface area contributed by atoms with Crippen LogP contribution in [0.3, 0.4) is 0 Å². The molecule has 158 valence electrons. The van der Waals surface area contributed by atoms with Crippen molar-refractivity contribution in [3.8, 4) is 0 Å². The Morgan fingerprint density at radius 2 is 1.43 bits per heavy atom. The van der Waals surface area contributed by atoms with Gasteiger partial charge < -0.3 is 30.4 Å². The number of aliphatic hydroxyl groups is 1. The van der Waals surface area contributed by atoms with Gasteiger partial charge in [0.1, 0.15) is 21.0 Å². The number of fused-ring (bicyclic) bond motifs is 2. The van der Waals surface area contributed by atoms with E-state index in [1.165, 1.54) is 28.7 Å². The average Bonchev–Trinajstić information content (AvgIpc) is 3.42. The second-order valence-corrected chi connectivity index (χ2v) is 7.62. The number of aliphatic hydroxyl groups excluding tert-OH is 1. The van der Waals surface area contributed by atoms with Crippen LogP contribution in [0.15, 0.2) is 22.9 Å². The average molecular weight is 503 g/mol. The smallest absolute Gasteiger partial charge is 0.870 e. The molecule has 4 aromatic rings. The molecule has 4 heterocycles. The van der Waals surface area contributed by atoms with Crippen LogP contribution in [0.5, 0.6) is 0 Å². The van der Waals surface area contributed by atoms with Gasteiger partial charge in [0.2, 0.25) is 0 Å². The SMILES string of the molecule is CCOC(=O)c1cc2c(Cl)csc2[nH]1.CO.O=C(O)c1cc2c(Cl)csc2[nH]1.[Na+].[OH-]. The van der Waals surface area contributed by atoms with Crippen LogP contribution < -0.4 is 29.6 Å². The number of hydrogen-bond acceptors (Lipinski definition) is 7. The van der Waals surface area contributed by atoms with E-state index in [4.69, 9.17) is 38.2 Å². The summed E-state index contributed by atoms with van der Waals surface area (Å²) in [5.74, 6) is -1.30. The monoisotopic (exact) mass is 502 g/mol. The Bertz CT molecular complexity index is 1100. The number of hydrogen-bond donors (Lipinski definition) is 4. The summed E-state index contributed by atoms with van der Waals surface area (Å²) in [5, 5.41) is 22.1. The number of carbonyl (C=O) groups excluding carboxylic acids is 1. The van der Waals surface area contributed by atoms with Crippen molar-refractivity contribution in [2.45, 2.75) is 6.92 Å². The first-order valence-corrected chi connectivity index (χ1v) is 10.3. The molecular formula is C17H17Cl2N2NaO6S2. The zero-order valence-corrected chi connectivity index (χ0v) is 21.3. The molecule has 0 saturated carbocycles. The van der Waals surface area contributed by atoms with E-state index in [-0.39, 0.29) is 46.7 Å². The van der Waals surface area contributed by atoms with E-state index in [1.807, 2.05) is 5.38 Å². The molecular weight excluding hydrogens is 486 g/mol. The molecule has 30 heavy (non-hydrogen) atoms. The van der Waals surface area contributed by atoms with Gasteiger partial charge in [0.25, 0.3) is 0 Å². The fourth-order valence-corrected chi connectivity index (χ4v) is 4.50. The van der Waals surface area contributed by atoms with E-state index in [9.17, 15) is 9.59 Å². The summed E-state index contributed by atoms with van der Waals surface area (Å²) >= 11 is 14.6. The van der Waals surface area contributed by atoms with E-state index in [0.29, 0.717) is 22.3 Å². The topological polar surface area (TPSA) is 145 Å². The zero-order valence-electron chi connectivity index (χ0n) is 16.2. The van der Waals surface area contributed by atoms with Crippen molar-refractivity contribution in [2.24, 2.45) is 0 Å². The predicted molar refractivity (Wildman–Crippen MR) is 115 cm³/mol. The second kappa shape index (κ2) is 13.4. The van der Waals surface area contributed by atoms with Crippen molar-refractivity contribution in [3.63, 3.8) is 0 Å². The maximum Gasteiger partial charge on any atom is 1.00 e. The van der Waals surface area contributed by atoms with Gasteiger partial charge in [0, 0.05) is 28.6 Å². The number of aromatic amines is 2. The Morgan fingerprint density at radius 3 is 1.83 bits per heavy atom. The third-order valence-corrected chi connectivity index (χ3v) is 6.07. The summed E-state index contributed by atoms with van der Waals surface area (Å²) < 4.78 is 4.86. The van der Waals surface area contributed by atoms with E-state index in [0.717, 1.165) is 27.5 Å². The predicted octanol–water partition coefficient (Wildman–Crippen LogP) is 2.08. The van der Waals surface area contributed by atoms with Gasteiger partial charge in [-0.25, -0.2) is 9.59 Å². The Labute approximate surface area is 211 Å². The number of aromatic carboxylic acids is 1. The van der Waals surface area contributed by atoms with Gasteiger partial charge in [-0.15, -0.1) is 22.7 Å². The van der Waals surface area contributed by atoms with Crippen molar-refractivity contribution >= 4 is 78.2 Å². The summed E-state index contributed by atoms with van der Waals surface area (Å²) in [7, 11) is 1.00. The van der Waals surface area contributed by atoms with Gasteiger partial charge in [-0.2, -0.15) is 0 Å². The fourth-order valence-electron chi connectivity index (χ4n) is 2.19. The minimum Gasteiger partial charge on any atom is -0.870 e. The van der Waals surface area contributed by atoms with Crippen molar-refractivity contribution in [1.29, 1.82) is 0 Å². The van der Waals surface area contributed by atoms with Crippen LogP contribution in [-0.4, -0.2) is 51.3 Å². The van der Waals surface area contributed by atoms with Crippen LogP contribution >= 0.6 is 45.9 Å². The number of aromatic nitrogens is 2. The van der Waals surface area contributed by atoms with E-state index in [2.05, 4.69) is 9.97 Å². The molecule has 0 aliphatic rings. The first-order valence-electron chi connectivity index (χ1n) is 7.77. The zero-order chi connectivity index (χ0) is 20.8. The summed E-state index contributed by atoms with van der Waals surface area (Å²) in [4.78, 5) is 29.3. The van der Waals surface area contributed by atoms with Crippen LogP contribution in [0.1, 0.15) is 27.9 Å². The number of esters is 1. The molecule has 0 spiro atoms. The molecule has 0 fully saturated rings. The molecule has 4 aromatic heterocycles. The molecule has 5 N–H and O–H groups in total. The molecule has 0 saturated heterocycles.